The largest absolute Gasteiger partial charge is 0.337 e. The molecule has 1 rings (SSSR count). The first kappa shape index (κ1) is 9.38. The fourth-order valence-electron chi connectivity index (χ4n) is 1.35. The second-order valence-electron chi connectivity index (χ2n) is 3.00. The van der Waals surface area contributed by atoms with Gasteiger partial charge in [-0.2, -0.15) is 0 Å². The molecule has 1 amide bonds. The third kappa shape index (κ3) is 2.14. The van der Waals surface area contributed by atoms with Gasteiger partial charge >= 0.3 is 0 Å². The lowest BCUT2D eigenvalue weighted by Gasteiger charge is -2.14. The van der Waals surface area contributed by atoms with E-state index in [0.717, 1.165) is 0 Å². The summed E-state index contributed by atoms with van der Waals surface area (Å²) in [6.07, 6.45) is -2.12. The second-order valence-corrected chi connectivity index (χ2v) is 3.00. The molecule has 1 aliphatic heterocycles. The van der Waals surface area contributed by atoms with Crippen molar-refractivity contribution in [2.75, 3.05) is 19.6 Å². The molecule has 0 aromatic rings. The molecule has 0 aliphatic carbocycles. The lowest BCUT2D eigenvalue weighted by molar-refractivity contribution is -0.129. The van der Waals surface area contributed by atoms with Crippen molar-refractivity contribution in [2.24, 2.45) is 11.7 Å². The van der Waals surface area contributed by atoms with Crippen molar-refractivity contribution >= 4 is 5.91 Å². The molecule has 1 saturated heterocycles. The zero-order valence-electron chi connectivity index (χ0n) is 6.67. The number of hydrogen-bond acceptors (Lipinski definition) is 2. The molecule has 1 fully saturated rings. The number of rotatable bonds is 3. The monoisotopic (exact) mass is 178 g/mol. The van der Waals surface area contributed by atoms with Crippen molar-refractivity contribution in [3.8, 4) is 0 Å². The average Bonchev–Trinajstić information content (AvgIpc) is 2.31. The lowest BCUT2D eigenvalue weighted by atomic mass is 10.1. The maximum atomic E-state index is 11.9. The van der Waals surface area contributed by atoms with Crippen LogP contribution in [0.1, 0.15) is 6.42 Å². The van der Waals surface area contributed by atoms with Gasteiger partial charge in [-0.25, -0.2) is 8.78 Å². The van der Waals surface area contributed by atoms with Crippen LogP contribution in [0.5, 0.6) is 0 Å². The topological polar surface area (TPSA) is 46.3 Å². The molecule has 0 aromatic carbocycles. The minimum absolute atomic E-state index is 0.0660. The molecule has 1 unspecified atom stereocenters. The first-order valence-corrected chi connectivity index (χ1v) is 3.89. The first-order valence-electron chi connectivity index (χ1n) is 3.89. The van der Waals surface area contributed by atoms with Crippen LogP contribution < -0.4 is 5.73 Å². The van der Waals surface area contributed by atoms with E-state index in [4.69, 9.17) is 5.73 Å². The minimum Gasteiger partial charge on any atom is -0.337 e. The van der Waals surface area contributed by atoms with E-state index in [1.807, 2.05) is 0 Å². The normalized spacial score (nSPS) is 24.2. The molecule has 0 saturated carbocycles. The zero-order valence-corrected chi connectivity index (χ0v) is 6.67. The van der Waals surface area contributed by atoms with Crippen molar-refractivity contribution in [3.05, 3.63) is 0 Å². The van der Waals surface area contributed by atoms with E-state index in [9.17, 15) is 13.6 Å². The molecule has 2 N–H and O–H groups in total. The van der Waals surface area contributed by atoms with Crippen molar-refractivity contribution in [3.63, 3.8) is 0 Å². The number of amides is 1. The molecule has 5 heteroatoms. The third-order valence-electron chi connectivity index (χ3n) is 1.99. The Balaban J connectivity index is 2.41. The summed E-state index contributed by atoms with van der Waals surface area (Å²) in [6.45, 7) is 0.334. The number of likely N-dealkylation sites (tertiary alicyclic amines) is 1. The molecule has 0 spiro atoms. The maximum absolute atomic E-state index is 11.9. The van der Waals surface area contributed by atoms with E-state index in [0.29, 0.717) is 19.5 Å². The highest BCUT2D eigenvalue weighted by molar-refractivity contribution is 5.78. The second kappa shape index (κ2) is 3.80. The first-order chi connectivity index (χ1) is 5.63. The SMILES string of the molecule is NCC1CC(=O)N(CC(F)F)C1. The number of carbonyl (C=O) groups is 1. The highest BCUT2D eigenvalue weighted by atomic mass is 19.3. The highest BCUT2D eigenvalue weighted by Gasteiger charge is 2.29. The average molecular weight is 178 g/mol. The van der Waals surface area contributed by atoms with Crippen LogP contribution in [0.4, 0.5) is 8.78 Å². The summed E-state index contributed by atoms with van der Waals surface area (Å²) in [5, 5.41) is 0. The van der Waals surface area contributed by atoms with E-state index in [1.54, 1.807) is 0 Å². The number of halogens is 2. The van der Waals surface area contributed by atoms with Crippen LogP contribution >= 0.6 is 0 Å². The Kier molecular flexibility index (Phi) is 2.97. The van der Waals surface area contributed by atoms with Gasteiger partial charge in [0.05, 0.1) is 6.54 Å². The van der Waals surface area contributed by atoms with Crippen LogP contribution in [0.25, 0.3) is 0 Å². The Hall–Kier alpha value is -0.710. The van der Waals surface area contributed by atoms with Gasteiger partial charge in [0.25, 0.3) is 6.43 Å². The molecule has 70 valence electrons. The van der Waals surface area contributed by atoms with Crippen LogP contribution in [0.2, 0.25) is 0 Å². The molecule has 1 atom stereocenters. The summed E-state index contributed by atoms with van der Waals surface area (Å²) in [7, 11) is 0. The highest BCUT2D eigenvalue weighted by Crippen LogP contribution is 2.17. The smallest absolute Gasteiger partial charge is 0.255 e. The van der Waals surface area contributed by atoms with Gasteiger partial charge in [-0.05, 0) is 12.5 Å². The Morgan fingerprint density at radius 1 is 1.67 bits per heavy atom. The molecule has 0 radical (unpaired) electrons. The van der Waals surface area contributed by atoms with E-state index in [2.05, 4.69) is 0 Å². The van der Waals surface area contributed by atoms with E-state index >= 15 is 0 Å². The standard InChI is InChI=1S/C7H12F2N2O/c8-6(9)4-11-3-5(2-10)1-7(11)12/h5-6H,1-4,10H2. The molecular formula is C7H12F2N2O. The molecule has 0 bridgehead atoms. The summed E-state index contributed by atoms with van der Waals surface area (Å²) in [6, 6.07) is 0. The zero-order chi connectivity index (χ0) is 9.14. The fourth-order valence-corrected chi connectivity index (χ4v) is 1.35. The fraction of sp³-hybridized carbons (Fsp3) is 0.857. The number of carbonyl (C=O) groups excluding carboxylic acids is 1. The Morgan fingerprint density at radius 2 is 2.33 bits per heavy atom. The van der Waals surface area contributed by atoms with Gasteiger partial charge < -0.3 is 10.6 Å². The van der Waals surface area contributed by atoms with Crippen molar-refractivity contribution in [1.29, 1.82) is 0 Å². The van der Waals surface area contributed by atoms with Gasteiger partial charge in [0.15, 0.2) is 0 Å². The van der Waals surface area contributed by atoms with Crippen molar-refractivity contribution in [2.45, 2.75) is 12.8 Å². The predicted octanol–water partition coefficient (Wildman–Crippen LogP) is 0.0587. The van der Waals surface area contributed by atoms with E-state index in [1.165, 1.54) is 4.90 Å². The van der Waals surface area contributed by atoms with Crippen LogP contribution in [-0.4, -0.2) is 36.9 Å². The molecule has 0 aromatic heterocycles. The summed E-state index contributed by atoms with van der Waals surface area (Å²) >= 11 is 0. The Labute approximate surface area is 69.5 Å². The predicted molar refractivity (Wildman–Crippen MR) is 39.7 cm³/mol. The number of nitrogens with two attached hydrogens (primary N) is 1. The van der Waals surface area contributed by atoms with Crippen molar-refractivity contribution < 1.29 is 13.6 Å². The van der Waals surface area contributed by atoms with Crippen molar-refractivity contribution in [1.82, 2.24) is 4.90 Å². The van der Waals surface area contributed by atoms with Gasteiger partial charge in [-0.15, -0.1) is 0 Å². The minimum atomic E-state index is -2.44. The summed E-state index contributed by atoms with van der Waals surface area (Å²) in [5.74, 6) is -0.137. The van der Waals surface area contributed by atoms with Gasteiger partial charge in [0.1, 0.15) is 0 Å². The van der Waals surface area contributed by atoms with Gasteiger partial charge in [0, 0.05) is 13.0 Å². The summed E-state index contributed by atoms with van der Waals surface area (Å²) < 4.78 is 23.7. The molecule has 1 heterocycles. The van der Waals surface area contributed by atoms with Crippen LogP contribution in [-0.2, 0) is 4.79 Å². The summed E-state index contributed by atoms with van der Waals surface area (Å²) in [4.78, 5) is 12.2. The Bertz CT molecular complexity index is 175. The lowest BCUT2D eigenvalue weighted by Crippen LogP contribution is -2.30. The van der Waals surface area contributed by atoms with E-state index < -0.39 is 13.0 Å². The Morgan fingerprint density at radius 3 is 2.75 bits per heavy atom. The quantitative estimate of drug-likeness (QED) is 0.664. The van der Waals surface area contributed by atoms with Gasteiger partial charge in [-0.3, -0.25) is 4.79 Å². The molecule has 12 heavy (non-hydrogen) atoms. The van der Waals surface area contributed by atoms with Crippen LogP contribution in [0.15, 0.2) is 0 Å². The summed E-state index contributed by atoms with van der Waals surface area (Å²) in [5.41, 5.74) is 5.32. The number of alkyl halides is 2. The molecule has 1 aliphatic rings. The molecular weight excluding hydrogens is 166 g/mol. The molecule has 3 nitrogen and oxygen atoms in total. The van der Waals surface area contributed by atoms with Crippen LogP contribution in [0, 0.1) is 5.92 Å². The number of nitrogens with zero attached hydrogens (tertiary/aromatic N) is 1. The number of hydrogen-bond donors (Lipinski definition) is 1. The van der Waals surface area contributed by atoms with Gasteiger partial charge in [0.2, 0.25) is 5.91 Å². The maximum Gasteiger partial charge on any atom is 0.255 e. The van der Waals surface area contributed by atoms with E-state index in [-0.39, 0.29) is 11.8 Å². The van der Waals surface area contributed by atoms with Gasteiger partial charge in [-0.1, -0.05) is 0 Å². The van der Waals surface area contributed by atoms with Crippen LogP contribution in [0.3, 0.4) is 0 Å². The third-order valence-corrected chi connectivity index (χ3v) is 1.99.